The summed E-state index contributed by atoms with van der Waals surface area (Å²) < 4.78 is 0. The van der Waals surface area contributed by atoms with E-state index in [4.69, 9.17) is 17.3 Å². The van der Waals surface area contributed by atoms with Crippen LogP contribution >= 0.6 is 11.6 Å². The van der Waals surface area contributed by atoms with Crippen LogP contribution in [-0.4, -0.2) is 5.91 Å². The Morgan fingerprint density at radius 3 is 2.53 bits per heavy atom. The first kappa shape index (κ1) is 13.4. The molecule has 2 aromatic rings. The molecular weight excluding hydrogens is 260 g/mol. The van der Waals surface area contributed by atoms with Gasteiger partial charge < -0.3 is 11.1 Å². The maximum absolute atomic E-state index is 12.0. The predicted octanol–water partition coefficient (Wildman–Crippen LogP) is 3.16. The van der Waals surface area contributed by atoms with Gasteiger partial charge in [-0.15, -0.1) is 0 Å². The lowest BCUT2D eigenvalue weighted by Crippen LogP contribution is -2.23. The molecule has 0 saturated carbocycles. The summed E-state index contributed by atoms with van der Waals surface area (Å²) in [6.45, 7) is 2.50. The van der Waals surface area contributed by atoms with E-state index in [1.807, 2.05) is 31.2 Å². The molecule has 0 unspecified atom stereocenters. The van der Waals surface area contributed by atoms with Crippen molar-refractivity contribution in [3.8, 4) is 0 Å². The zero-order valence-corrected chi connectivity index (χ0v) is 11.4. The van der Waals surface area contributed by atoms with Crippen LogP contribution in [0.1, 0.15) is 21.5 Å². The summed E-state index contributed by atoms with van der Waals surface area (Å²) in [5, 5.41) is 3.19. The van der Waals surface area contributed by atoms with Crippen molar-refractivity contribution in [3.63, 3.8) is 0 Å². The van der Waals surface area contributed by atoms with Crippen LogP contribution in [-0.2, 0) is 6.54 Å². The van der Waals surface area contributed by atoms with E-state index in [1.165, 1.54) is 5.56 Å². The van der Waals surface area contributed by atoms with Crippen molar-refractivity contribution < 1.29 is 4.79 Å². The van der Waals surface area contributed by atoms with E-state index in [0.717, 1.165) is 5.56 Å². The Morgan fingerprint density at radius 1 is 1.21 bits per heavy atom. The number of aryl methyl sites for hydroxylation is 1. The molecule has 0 spiro atoms. The summed E-state index contributed by atoms with van der Waals surface area (Å²) in [5.74, 6) is -0.203. The number of anilines is 1. The second-order valence-corrected chi connectivity index (χ2v) is 4.81. The third kappa shape index (κ3) is 3.48. The number of carbonyl (C=O) groups is 1. The minimum absolute atomic E-state index is 0.203. The number of rotatable bonds is 3. The highest BCUT2D eigenvalue weighted by Gasteiger charge is 2.09. The molecule has 0 aliphatic rings. The van der Waals surface area contributed by atoms with Crippen molar-refractivity contribution in [2.75, 3.05) is 5.73 Å². The maximum atomic E-state index is 12.0. The topological polar surface area (TPSA) is 55.1 Å². The number of amides is 1. The van der Waals surface area contributed by atoms with E-state index in [9.17, 15) is 4.79 Å². The van der Waals surface area contributed by atoms with Gasteiger partial charge in [-0.05, 0) is 30.7 Å². The smallest absolute Gasteiger partial charge is 0.253 e. The zero-order chi connectivity index (χ0) is 13.8. The SMILES string of the molecule is Cc1ccc(CNC(=O)c2ccc(N)cc2Cl)cc1. The molecule has 0 bridgehead atoms. The van der Waals surface area contributed by atoms with Gasteiger partial charge in [0.1, 0.15) is 0 Å². The lowest BCUT2D eigenvalue weighted by atomic mass is 10.1. The normalized spacial score (nSPS) is 10.2. The molecule has 0 aliphatic heterocycles. The number of hydrogen-bond acceptors (Lipinski definition) is 2. The second kappa shape index (κ2) is 5.76. The summed E-state index contributed by atoms with van der Waals surface area (Å²) in [6, 6.07) is 12.9. The van der Waals surface area contributed by atoms with Crippen LogP contribution < -0.4 is 11.1 Å². The summed E-state index contributed by atoms with van der Waals surface area (Å²) in [6.07, 6.45) is 0. The Morgan fingerprint density at radius 2 is 1.89 bits per heavy atom. The molecule has 0 radical (unpaired) electrons. The fraction of sp³-hybridized carbons (Fsp3) is 0.133. The standard InChI is InChI=1S/C15H15ClN2O/c1-10-2-4-11(5-3-10)9-18-15(19)13-7-6-12(17)8-14(13)16/h2-8H,9,17H2,1H3,(H,18,19). The lowest BCUT2D eigenvalue weighted by Gasteiger charge is -2.07. The first-order valence-electron chi connectivity index (χ1n) is 5.95. The summed E-state index contributed by atoms with van der Waals surface area (Å²) in [5.41, 5.74) is 8.80. The van der Waals surface area contributed by atoms with Gasteiger partial charge in [0.2, 0.25) is 0 Å². The molecule has 98 valence electrons. The van der Waals surface area contributed by atoms with Gasteiger partial charge in [-0.3, -0.25) is 4.79 Å². The number of halogens is 1. The van der Waals surface area contributed by atoms with E-state index in [0.29, 0.717) is 22.8 Å². The van der Waals surface area contributed by atoms with E-state index in [-0.39, 0.29) is 5.91 Å². The number of benzene rings is 2. The van der Waals surface area contributed by atoms with Crippen LogP contribution in [0.15, 0.2) is 42.5 Å². The first-order valence-corrected chi connectivity index (χ1v) is 6.33. The number of nitrogen functional groups attached to an aromatic ring is 1. The molecule has 1 amide bonds. The third-order valence-electron chi connectivity index (χ3n) is 2.81. The first-order chi connectivity index (χ1) is 9.06. The van der Waals surface area contributed by atoms with E-state index >= 15 is 0 Å². The van der Waals surface area contributed by atoms with Crippen molar-refractivity contribution in [2.24, 2.45) is 0 Å². The van der Waals surface area contributed by atoms with E-state index in [1.54, 1.807) is 18.2 Å². The number of nitrogens with one attached hydrogen (secondary N) is 1. The highest BCUT2D eigenvalue weighted by molar-refractivity contribution is 6.34. The summed E-state index contributed by atoms with van der Waals surface area (Å²) >= 11 is 5.99. The Balaban J connectivity index is 2.03. The molecular formula is C15H15ClN2O. The van der Waals surface area contributed by atoms with Gasteiger partial charge >= 0.3 is 0 Å². The molecule has 0 aromatic heterocycles. The Hall–Kier alpha value is -2.00. The highest BCUT2D eigenvalue weighted by Crippen LogP contribution is 2.19. The largest absolute Gasteiger partial charge is 0.399 e. The van der Waals surface area contributed by atoms with Crippen LogP contribution in [0, 0.1) is 6.92 Å². The monoisotopic (exact) mass is 274 g/mol. The molecule has 0 heterocycles. The minimum Gasteiger partial charge on any atom is -0.399 e. The molecule has 0 aliphatic carbocycles. The van der Waals surface area contributed by atoms with Crippen molar-refractivity contribution in [2.45, 2.75) is 13.5 Å². The van der Waals surface area contributed by atoms with Crippen LogP contribution in [0.3, 0.4) is 0 Å². The summed E-state index contributed by atoms with van der Waals surface area (Å²) in [4.78, 5) is 12.0. The van der Waals surface area contributed by atoms with Crippen LogP contribution in [0.4, 0.5) is 5.69 Å². The maximum Gasteiger partial charge on any atom is 0.253 e. The quantitative estimate of drug-likeness (QED) is 0.845. The van der Waals surface area contributed by atoms with Gasteiger partial charge in [-0.1, -0.05) is 41.4 Å². The fourth-order valence-corrected chi connectivity index (χ4v) is 1.97. The van der Waals surface area contributed by atoms with Gasteiger partial charge in [0.15, 0.2) is 0 Å². The molecule has 0 fully saturated rings. The van der Waals surface area contributed by atoms with Crippen LogP contribution in [0.25, 0.3) is 0 Å². The van der Waals surface area contributed by atoms with Gasteiger partial charge in [0.25, 0.3) is 5.91 Å². The number of nitrogens with two attached hydrogens (primary N) is 1. The molecule has 19 heavy (non-hydrogen) atoms. The minimum atomic E-state index is -0.203. The Bertz CT molecular complexity index is 594. The highest BCUT2D eigenvalue weighted by atomic mass is 35.5. The van der Waals surface area contributed by atoms with E-state index in [2.05, 4.69) is 5.32 Å². The fourth-order valence-electron chi connectivity index (χ4n) is 1.70. The van der Waals surface area contributed by atoms with Crippen molar-refractivity contribution in [1.82, 2.24) is 5.32 Å². The lowest BCUT2D eigenvalue weighted by molar-refractivity contribution is 0.0951. The summed E-state index contributed by atoms with van der Waals surface area (Å²) in [7, 11) is 0. The number of hydrogen-bond donors (Lipinski definition) is 2. The Kier molecular flexibility index (Phi) is 4.07. The number of carbonyl (C=O) groups excluding carboxylic acids is 1. The molecule has 0 saturated heterocycles. The average molecular weight is 275 g/mol. The molecule has 2 rings (SSSR count). The molecule has 3 N–H and O–H groups in total. The molecule has 3 nitrogen and oxygen atoms in total. The van der Waals surface area contributed by atoms with Gasteiger partial charge in [0.05, 0.1) is 10.6 Å². The van der Waals surface area contributed by atoms with Crippen molar-refractivity contribution in [1.29, 1.82) is 0 Å². The van der Waals surface area contributed by atoms with Crippen LogP contribution in [0.5, 0.6) is 0 Å². The molecule has 4 heteroatoms. The molecule has 0 atom stereocenters. The molecule has 2 aromatic carbocycles. The van der Waals surface area contributed by atoms with E-state index < -0.39 is 0 Å². The van der Waals surface area contributed by atoms with Gasteiger partial charge in [-0.25, -0.2) is 0 Å². The Labute approximate surface area is 117 Å². The van der Waals surface area contributed by atoms with Gasteiger partial charge in [0, 0.05) is 12.2 Å². The zero-order valence-electron chi connectivity index (χ0n) is 10.6. The second-order valence-electron chi connectivity index (χ2n) is 4.41. The van der Waals surface area contributed by atoms with Crippen LogP contribution in [0.2, 0.25) is 5.02 Å². The predicted molar refractivity (Wildman–Crippen MR) is 78.2 cm³/mol. The van der Waals surface area contributed by atoms with Crippen molar-refractivity contribution in [3.05, 3.63) is 64.2 Å². The van der Waals surface area contributed by atoms with Crippen molar-refractivity contribution >= 4 is 23.2 Å². The van der Waals surface area contributed by atoms with Gasteiger partial charge in [-0.2, -0.15) is 0 Å². The average Bonchev–Trinajstić information content (AvgIpc) is 2.37. The third-order valence-corrected chi connectivity index (χ3v) is 3.12.